The van der Waals surface area contributed by atoms with Gasteiger partial charge in [-0.05, 0) is 48.2 Å². The van der Waals surface area contributed by atoms with Gasteiger partial charge in [-0.15, -0.1) is 0 Å². The Morgan fingerprint density at radius 1 is 0.923 bits per heavy atom. The number of hydrogen-bond acceptors (Lipinski definition) is 2. The van der Waals surface area contributed by atoms with E-state index in [2.05, 4.69) is 5.32 Å². The van der Waals surface area contributed by atoms with Crippen LogP contribution >= 0.6 is 0 Å². The van der Waals surface area contributed by atoms with E-state index >= 15 is 0 Å². The first-order valence-corrected chi connectivity index (χ1v) is 8.16. The number of hydrogen-bond donors (Lipinski definition) is 2. The van der Waals surface area contributed by atoms with Crippen molar-refractivity contribution in [3.8, 4) is 0 Å². The van der Waals surface area contributed by atoms with Gasteiger partial charge in [0.05, 0.1) is 0 Å². The molecule has 1 saturated carbocycles. The highest BCUT2D eigenvalue weighted by Gasteiger charge is 2.36. The van der Waals surface area contributed by atoms with Gasteiger partial charge >= 0.3 is 0 Å². The molecule has 0 heterocycles. The highest BCUT2D eigenvalue weighted by Crippen LogP contribution is 2.32. The minimum absolute atomic E-state index is 0.119. The summed E-state index contributed by atoms with van der Waals surface area (Å²) in [5.41, 5.74) is 5.99. The van der Waals surface area contributed by atoms with Gasteiger partial charge in [0.1, 0.15) is 23.5 Å². The van der Waals surface area contributed by atoms with Gasteiger partial charge in [0.25, 0.3) is 0 Å². The van der Waals surface area contributed by atoms with Gasteiger partial charge in [0, 0.05) is 17.9 Å². The minimum Gasteiger partial charge on any atom is -0.368 e. The third kappa shape index (κ3) is 4.04. The zero-order chi connectivity index (χ0) is 18.8. The highest BCUT2D eigenvalue weighted by atomic mass is 19.1. The van der Waals surface area contributed by atoms with Crippen molar-refractivity contribution in [2.75, 3.05) is 0 Å². The molecule has 26 heavy (non-hydrogen) atoms. The zero-order valence-electron chi connectivity index (χ0n) is 13.7. The third-order valence-electron chi connectivity index (χ3n) is 4.36. The van der Waals surface area contributed by atoms with Gasteiger partial charge in [-0.2, -0.15) is 0 Å². The molecule has 2 aromatic rings. The number of carbonyl (C=O) groups is 2. The smallest absolute Gasteiger partial charge is 0.240 e. The normalized spacial score (nSPS) is 16.0. The molecule has 2 atom stereocenters. The van der Waals surface area contributed by atoms with Crippen molar-refractivity contribution in [1.82, 2.24) is 5.32 Å². The lowest BCUT2D eigenvalue weighted by Crippen LogP contribution is -2.49. The first-order chi connectivity index (χ1) is 12.3. The second-order valence-corrected chi connectivity index (χ2v) is 6.39. The molecule has 0 unspecified atom stereocenters. The maximum Gasteiger partial charge on any atom is 0.240 e. The molecule has 2 amide bonds. The van der Waals surface area contributed by atoms with Crippen LogP contribution in [0.3, 0.4) is 0 Å². The minimum atomic E-state index is -1.23. The Hall–Kier alpha value is -2.83. The largest absolute Gasteiger partial charge is 0.368 e. The van der Waals surface area contributed by atoms with Crippen molar-refractivity contribution in [1.29, 1.82) is 0 Å². The molecule has 1 fully saturated rings. The highest BCUT2D eigenvalue weighted by molar-refractivity contribution is 5.89. The van der Waals surface area contributed by atoms with Crippen molar-refractivity contribution in [2.45, 2.75) is 24.8 Å². The SMILES string of the molecule is NC(=O)[C@@H](NC(=O)C1CC1)[C@@H](c1ccc(F)cc1)c1cc(F)cc(F)c1. The van der Waals surface area contributed by atoms with Crippen LogP contribution in [0, 0.1) is 23.4 Å². The Kier molecular flexibility index (Phi) is 4.97. The fourth-order valence-electron chi connectivity index (χ4n) is 2.94. The average Bonchev–Trinajstić information content (AvgIpc) is 3.39. The summed E-state index contributed by atoms with van der Waals surface area (Å²) in [6, 6.07) is 6.72. The van der Waals surface area contributed by atoms with Crippen molar-refractivity contribution in [2.24, 2.45) is 11.7 Å². The number of carbonyl (C=O) groups excluding carboxylic acids is 2. The van der Waals surface area contributed by atoms with E-state index in [9.17, 15) is 22.8 Å². The van der Waals surface area contributed by atoms with Crippen LogP contribution in [0.2, 0.25) is 0 Å². The Labute approximate surface area is 148 Å². The van der Waals surface area contributed by atoms with Gasteiger partial charge in [-0.1, -0.05) is 12.1 Å². The van der Waals surface area contributed by atoms with Gasteiger partial charge in [-0.25, -0.2) is 13.2 Å². The second-order valence-electron chi connectivity index (χ2n) is 6.39. The van der Waals surface area contributed by atoms with E-state index in [4.69, 9.17) is 5.73 Å². The summed E-state index contributed by atoms with van der Waals surface area (Å²) in [5, 5.41) is 2.58. The molecule has 0 aliphatic heterocycles. The molecule has 0 aromatic heterocycles. The fraction of sp³-hybridized carbons (Fsp3) is 0.263. The maximum atomic E-state index is 13.7. The lowest BCUT2D eigenvalue weighted by molar-refractivity contribution is -0.128. The molecular weight excluding hydrogens is 345 g/mol. The lowest BCUT2D eigenvalue weighted by atomic mass is 9.84. The first-order valence-electron chi connectivity index (χ1n) is 8.16. The summed E-state index contributed by atoms with van der Waals surface area (Å²) in [4.78, 5) is 24.2. The number of primary amides is 1. The summed E-state index contributed by atoms with van der Waals surface area (Å²) >= 11 is 0. The molecule has 3 rings (SSSR count). The van der Waals surface area contributed by atoms with Crippen LogP contribution in [0.4, 0.5) is 13.2 Å². The summed E-state index contributed by atoms with van der Waals surface area (Å²) < 4.78 is 40.7. The molecular formula is C19H17F3N2O2. The summed E-state index contributed by atoms with van der Waals surface area (Å²) in [7, 11) is 0. The predicted octanol–water partition coefficient (Wildman–Crippen LogP) is 2.62. The van der Waals surface area contributed by atoms with Gasteiger partial charge in [-0.3, -0.25) is 9.59 Å². The van der Waals surface area contributed by atoms with E-state index in [1.54, 1.807) is 0 Å². The molecule has 0 spiro atoms. The van der Waals surface area contributed by atoms with Crippen molar-refractivity contribution in [3.05, 3.63) is 71.0 Å². The van der Waals surface area contributed by atoms with Crippen LogP contribution in [-0.2, 0) is 9.59 Å². The van der Waals surface area contributed by atoms with Crippen molar-refractivity contribution >= 4 is 11.8 Å². The predicted molar refractivity (Wildman–Crippen MR) is 88.5 cm³/mol. The van der Waals surface area contributed by atoms with Crippen LogP contribution < -0.4 is 11.1 Å². The molecule has 3 N–H and O–H groups in total. The average molecular weight is 362 g/mol. The summed E-state index contributed by atoms with van der Waals surface area (Å²) in [5.74, 6) is -4.49. The van der Waals surface area contributed by atoms with Crippen molar-refractivity contribution in [3.63, 3.8) is 0 Å². The van der Waals surface area contributed by atoms with Crippen molar-refractivity contribution < 1.29 is 22.8 Å². The quantitative estimate of drug-likeness (QED) is 0.829. The number of rotatable bonds is 6. The van der Waals surface area contributed by atoms with E-state index in [1.807, 2.05) is 0 Å². The molecule has 1 aliphatic carbocycles. The summed E-state index contributed by atoms with van der Waals surface area (Å²) in [6.07, 6.45) is 1.43. The van der Waals surface area contributed by atoms with Crippen LogP contribution in [0.5, 0.6) is 0 Å². The Bertz CT molecular complexity index is 815. The number of nitrogens with two attached hydrogens (primary N) is 1. The van der Waals surface area contributed by atoms with E-state index in [0.29, 0.717) is 24.5 Å². The Morgan fingerprint density at radius 3 is 2.00 bits per heavy atom. The number of benzene rings is 2. The molecule has 0 bridgehead atoms. The fourth-order valence-corrected chi connectivity index (χ4v) is 2.94. The Morgan fingerprint density at radius 2 is 1.50 bits per heavy atom. The number of nitrogens with one attached hydrogen (secondary N) is 1. The standard InChI is InChI=1S/C19H17F3N2O2/c20-13-5-3-10(4-6-13)16(12-7-14(21)9-15(22)8-12)17(18(23)25)24-19(26)11-1-2-11/h3-9,11,16-17H,1-2H2,(H2,23,25)(H,24,26)/t16-,17-/m0/s1. The van der Waals surface area contributed by atoms with E-state index in [0.717, 1.165) is 12.1 Å². The molecule has 136 valence electrons. The van der Waals surface area contributed by atoms with Gasteiger partial charge in [0.2, 0.25) is 11.8 Å². The molecule has 1 aliphatic rings. The maximum absolute atomic E-state index is 13.7. The molecule has 0 radical (unpaired) electrons. The van der Waals surface area contributed by atoms with Crippen LogP contribution in [0.1, 0.15) is 29.9 Å². The topological polar surface area (TPSA) is 72.2 Å². The van der Waals surface area contributed by atoms with E-state index < -0.39 is 35.3 Å². The van der Waals surface area contributed by atoms with E-state index in [1.165, 1.54) is 24.3 Å². The number of halogens is 3. The lowest BCUT2D eigenvalue weighted by Gasteiger charge is -2.27. The molecule has 4 nitrogen and oxygen atoms in total. The van der Waals surface area contributed by atoms with E-state index in [-0.39, 0.29) is 17.4 Å². The Balaban J connectivity index is 2.06. The summed E-state index contributed by atoms with van der Waals surface area (Å²) in [6.45, 7) is 0. The molecule has 0 saturated heterocycles. The van der Waals surface area contributed by atoms with Crippen LogP contribution in [0.25, 0.3) is 0 Å². The van der Waals surface area contributed by atoms with Gasteiger partial charge < -0.3 is 11.1 Å². The van der Waals surface area contributed by atoms with Crippen LogP contribution in [-0.4, -0.2) is 17.9 Å². The first kappa shape index (κ1) is 18.0. The van der Waals surface area contributed by atoms with Gasteiger partial charge in [0.15, 0.2) is 0 Å². The monoisotopic (exact) mass is 362 g/mol. The second kappa shape index (κ2) is 7.19. The zero-order valence-corrected chi connectivity index (χ0v) is 13.7. The number of amides is 2. The van der Waals surface area contributed by atoms with Crippen LogP contribution in [0.15, 0.2) is 42.5 Å². The molecule has 7 heteroatoms. The molecule has 2 aromatic carbocycles. The third-order valence-corrected chi connectivity index (χ3v) is 4.36.